The minimum Gasteiger partial charge on any atom is -0.383 e. The number of hydrogen-bond donors (Lipinski definition) is 2. The van der Waals surface area contributed by atoms with Crippen LogP contribution < -0.4 is 16.3 Å². The van der Waals surface area contributed by atoms with Crippen LogP contribution in [0.1, 0.15) is 5.56 Å². The SMILES string of the molecule is Nc1cc(N)nc(SCC(=O)N=c2sccn2Cc2ccccc2Cl)n1. The van der Waals surface area contributed by atoms with Crippen molar-refractivity contribution in [1.29, 1.82) is 0 Å². The van der Waals surface area contributed by atoms with E-state index in [4.69, 9.17) is 23.1 Å². The van der Waals surface area contributed by atoms with E-state index in [-0.39, 0.29) is 23.3 Å². The van der Waals surface area contributed by atoms with Crippen LogP contribution in [0, 0.1) is 0 Å². The molecule has 7 nitrogen and oxygen atoms in total. The third kappa shape index (κ3) is 4.84. The molecule has 0 aliphatic heterocycles. The van der Waals surface area contributed by atoms with Gasteiger partial charge in [0, 0.05) is 22.7 Å². The molecule has 2 heterocycles. The summed E-state index contributed by atoms with van der Waals surface area (Å²) in [6, 6.07) is 9.03. The highest BCUT2D eigenvalue weighted by molar-refractivity contribution is 7.99. The second kappa shape index (κ2) is 8.35. The lowest BCUT2D eigenvalue weighted by Crippen LogP contribution is -2.17. The summed E-state index contributed by atoms with van der Waals surface area (Å²) < 4.78 is 1.88. The fraction of sp³-hybridized carbons (Fsp3) is 0.125. The molecule has 3 aromatic rings. The summed E-state index contributed by atoms with van der Waals surface area (Å²) in [6.07, 6.45) is 1.87. The Kier molecular flexibility index (Phi) is 5.92. The molecule has 1 amide bonds. The molecule has 4 N–H and O–H groups in total. The standard InChI is InChI=1S/C16H15ClN6OS2/c17-11-4-2-1-3-10(11)8-23-5-6-25-16(23)22-14(24)9-26-15-20-12(18)7-13(19)21-15/h1-7H,8-9H2,(H4,18,19,20,21). The highest BCUT2D eigenvalue weighted by atomic mass is 35.5. The molecule has 0 spiro atoms. The van der Waals surface area contributed by atoms with Crippen molar-refractivity contribution in [3.63, 3.8) is 0 Å². The summed E-state index contributed by atoms with van der Waals surface area (Å²) >= 11 is 8.72. The Balaban J connectivity index is 1.71. The molecule has 10 heteroatoms. The van der Waals surface area contributed by atoms with Gasteiger partial charge >= 0.3 is 0 Å². The van der Waals surface area contributed by atoms with Gasteiger partial charge in [0.05, 0.1) is 12.3 Å². The summed E-state index contributed by atoms with van der Waals surface area (Å²) in [5.74, 6) is 0.322. The minimum atomic E-state index is -0.296. The highest BCUT2D eigenvalue weighted by Crippen LogP contribution is 2.17. The molecule has 1 aromatic carbocycles. The maximum Gasteiger partial charge on any atom is 0.258 e. The van der Waals surface area contributed by atoms with Crippen molar-refractivity contribution in [2.45, 2.75) is 11.7 Å². The molecule has 0 fully saturated rings. The van der Waals surface area contributed by atoms with Gasteiger partial charge in [-0.05, 0) is 11.6 Å². The van der Waals surface area contributed by atoms with Crippen molar-refractivity contribution in [3.8, 4) is 0 Å². The third-order valence-corrected chi connectivity index (χ3v) is 5.24. The average molecular weight is 407 g/mol. The molecular formula is C16H15ClN6OS2. The van der Waals surface area contributed by atoms with Crippen LogP contribution in [0.3, 0.4) is 0 Å². The fourth-order valence-electron chi connectivity index (χ4n) is 2.11. The molecule has 0 bridgehead atoms. The van der Waals surface area contributed by atoms with Crippen LogP contribution in [0.5, 0.6) is 0 Å². The number of carbonyl (C=O) groups excluding carboxylic acids is 1. The lowest BCUT2D eigenvalue weighted by molar-refractivity contribution is -0.115. The van der Waals surface area contributed by atoms with Crippen LogP contribution in [-0.2, 0) is 11.3 Å². The van der Waals surface area contributed by atoms with E-state index < -0.39 is 0 Å². The first-order valence-corrected chi connectivity index (χ1v) is 9.73. The maximum atomic E-state index is 12.2. The Bertz CT molecular complexity index is 980. The molecule has 0 aliphatic rings. The minimum absolute atomic E-state index is 0.0902. The van der Waals surface area contributed by atoms with Gasteiger partial charge in [-0.15, -0.1) is 11.3 Å². The molecule has 3 rings (SSSR count). The van der Waals surface area contributed by atoms with Gasteiger partial charge in [-0.25, -0.2) is 9.97 Å². The predicted octanol–water partition coefficient (Wildman–Crippen LogP) is 2.43. The van der Waals surface area contributed by atoms with Gasteiger partial charge in [0.1, 0.15) is 11.6 Å². The van der Waals surface area contributed by atoms with Gasteiger partial charge in [0.2, 0.25) is 0 Å². The first-order valence-electron chi connectivity index (χ1n) is 7.49. The average Bonchev–Trinajstić information content (AvgIpc) is 3.01. The van der Waals surface area contributed by atoms with Crippen molar-refractivity contribution in [2.24, 2.45) is 4.99 Å². The number of anilines is 2. The molecule has 2 aromatic heterocycles. The van der Waals surface area contributed by atoms with Gasteiger partial charge in [0.25, 0.3) is 5.91 Å². The second-order valence-corrected chi connectivity index (χ2v) is 7.42. The van der Waals surface area contributed by atoms with Crippen molar-refractivity contribution in [1.82, 2.24) is 14.5 Å². The summed E-state index contributed by atoms with van der Waals surface area (Å²) in [4.78, 5) is 25.0. The molecule has 0 unspecified atom stereocenters. The van der Waals surface area contributed by atoms with Gasteiger partial charge in [-0.3, -0.25) is 4.79 Å². The zero-order valence-electron chi connectivity index (χ0n) is 13.5. The number of aromatic nitrogens is 3. The lowest BCUT2D eigenvalue weighted by Gasteiger charge is -2.05. The van der Waals surface area contributed by atoms with Gasteiger partial charge in [0.15, 0.2) is 9.96 Å². The van der Waals surface area contributed by atoms with Crippen LogP contribution in [-0.4, -0.2) is 26.2 Å². The number of halogens is 1. The zero-order valence-corrected chi connectivity index (χ0v) is 15.9. The van der Waals surface area contributed by atoms with Crippen LogP contribution in [0.25, 0.3) is 0 Å². The number of rotatable bonds is 5. The van der Waals surface area contributed by atoms with Crippen LogP contribution in [0.2, 0.25) is 5.02 Å². The molecule has 0 aliphatic carbocycles. The Morgan fingerprint density at radius 3 is 2.73 bits per heavy atom. The Morgan fingerprint density at radius 1 is 1.27 bits per heavy atom. The van der Waals surface area contributed by atoms with Crippen molar-refractivity contribution >= 4 is 52.2 Å². The summed E-state index contributed by atoms with van der Waals surface area (Å²) in [5.41, 5.74) is 12.2. The number of thiazole rings is 1. The topological polar surface area (TPSA) is 112 Å². The van der Waals surface area contributed by atoms with E-state index in [1.165, 1.54) is 17.4 Å². The Morgan fingerprint density at radius 2 is 2.00 bits per heavy atom. The van der Waals surface area contributed by atoms with E-state index in [1.807, 2.05) is 40.4 Å². The first-order chi connectivity index (χ1) is 12.5. The van der Waals surface area contributed by atoms with Crippen LogP contribution in [0.4, 0.5) is 11.6 Å². The van der Waals surface area contributed by atoms with Gasteiger partial charge < -0.3 is 16.0 Å². The molecule has 134 valence electrons. The van der Waals surface area contributed by atoms with Crippen LogP contribution >= 0.6 is 34.7 Å². The van der Waals surface area contributed by atoms with Gasteiger partial charge in [-0.1, -0.05) is 41.6 Å². The summed E-state index contributed by atoms with van der Waals surface area (Å²) in [5, 5.41) is 2.90. The van der Waals surface area contributed by atoms with Gasteiger partial charge in [-0.2, -0.15) is 4.99 Å². The number of nitrogen functional groups attached to an aromatic ring is 2. The van der Waals surface area contributed by atoms with E-state index in [9.17, 15) is 4.79 Å². The lowest BCUT2D eigenvalue weighted by atomic mass is 10.2. The van der Waals surface area contributed by atoms with E-state index in [1.54, 1.807) is 0 Å². The normalized spacial score (nSPS) is 11.7. The highest BCUT2D eigenvalue weighted by Gasteiger charge is 2.07. The molecule has 0 radical (unpaired) electrons. The number of carbonyl (C=O) groups is 1. The van der Waals surface area contributed by atoms with E-state index in [2.05, 4.69) is 15.0 Å². The van der Waals surface area contributed by atoms with Crippen molar-refractivity contribution < 1.29 is 4.79 Å². The van der Waals surface area contributed by atoms with Crippen LogP contribution in [0.15, 0.2) is 52.1 Å². The zero-order chi connectivity index (χ0) is 18.5. The second-order valence-electron chi connectivity index (χ2n) is 5.20. The maximum absolute atomic E-state index is 12.2. The Labute approximate surface area is 162 Å². The fourth-order valence-corrected chi connectivity index (χ4v) is 3.71. The number of nitrogens with two attached hydrogens (primary N) is 2. The summed E-state index contributed by atoms with van der Waals surface area (Å²) in [7, 11) is 0. The van der Waals surface area contributed by atoms with E-state index >= 15 is 0 Å². The molecule has 0 atom stereocenters. The largest absolute Gasteiger partial charge is 0.383 e. The van der Waals surface area contributed by atoms with Crippen molar-refractivity contribution in [2.75, 3.05) is 17.2 Å². The quantitative estimate of drug-likeness (QED) is 0.497. The predicted molar refractivity (Wildman–Crippen MR) is 105 cm³/mol. The number of amides is 1. The molecule has 26 heavy (non-hydrogen) atoms. The third-order valence-electron chi connectivity index (χ3n) is 3.25. The molecular weight excluding hydrogens is 392 g/mol. The smallest absolute Gasteiger partial charge is 0.258 e. The monoisotopic (exact) mass is 406 g/mol. The Hall–Kier alpha value is -2.36. The number of benzene rings is 1. The molecule has 0 saturated heterocycles. The first kappa shape index (κ1) is 18.4. The molecule has 0 saturated carbocycles. The van der Waals surface area contributed by atoms with E-state index in [0.29, 0.717) is 21.5 Å². The van der Waals surface area contributed by atoms with E-state index in [0.717, 1.165) is 17.3 Å². The number of nitrogens with zero attached hydrogens (tertiary/aromatic N) is 4. The number of hydrogen-bond acceptors (Lipinski definition) is 7. The summed E-state index contributed by atoms with van der Waals surface area (Å²) in [6.45, 7) is 0.539. The van der Waals surface area contributed by atoms with Crippen molar-refractivity contribution in [3.05, 3.63) is 57.3 Å². The number of thioether (sulfide) groups is 1.